The topological polar surface area (TPSA) is 41.9 Å². The number of hydrogen-bond acceptors (Lipinski definition) is 4. The monoisotopic (exact) mass is 852 g/mol. The van der Waals surface area contributed by atoms with E-state index in [0.717, 1.165) is 55.5 Å². The molecular formula is C62H52N4. The first-order chi connectivity index (χ1) is 32.2. The maximum absolute atomic E-state index is 5.50. The molecule has 0 fully saturated rings. The van der Waals surface area contributed by atoms with E-state index < -0.39 is 0 Å². The first-order valence-corrected chi connectivity index (χ1v) is 22.8. The van der Waals surface area contributed by atoms with E-state index in [-0.39, 0.29) is 5.92 Å². The van der Waals surface area contributed by atoms with Crippen LogP contribution in [0.5, 0.6) is 0 Å². The predicted octanol–water partition coefficient (Wildman–Crippen LogP) is 16.2. The lowest BCUT2D eigenvalue weighted by Gasteiger charge is -2.29. The average Bonchev–Trinajstić information content (AvgIpc) is 3.34. The summed E-state index contributed by atoms with van der Waals surface area (Å²) < 4.78 is 0. The van der Waals surface area contributed by atoms with E-state index >= 15 is 0 Å². The van der Waals surface area contributed by atoms with E-state index in [2.05, 4.69) is 241 Å². The number of hydrogen-bond donors (Lipinski definition) is 0. The summed E-state index contributed by atoms with van der Waals surface area (Å²) in [6.45, 7) is 13.4. The first-order valence-electron chi connectivity index (χ1n) is 22.8. The number of nitrogens with zero attached hydrogens (tertiary/aromatic N) is 4. The third kappa shape index (κ3) is 8.07. The van der Waals surface area contributed by atoms with Crippen LogP contribution in [0.1, 0.15) is 56.0 Å². The molecule has 0 bridgehead atoms. The highest BCUT2D eigenvalue weighted by Crippen LogP contribution is 2.44. The Morgan fingerprint density at radius 1 is 0.379 bits per heavy atom. The summed E-state index contributed by atoms with van der Waals surface area (Å²) in [5.74, 6) is 1.75. The Balaban J connectivity index is 1.23. The highest BCUT2D eigenvalue weighted by molar-refractivity contribution is 5.96. The number of aromatic nitrogens is 3. The van der Waals surface area contributed by atoms with Gasteiger partial charge in [0.1, 0.15) is 0 Å². The molecule has 9 aromatic carbocycles. The van der Waals surface area contributed by atoms with Crippen molar-refractivity contribution >= 4 is 28.1 Å². The zero-order chi connectivity index (χ0) is 45.3. The fraction of sp³-hybridized carbons (Fsp3) is 0.113. The minimum absolute atomic E-state index is 0.0292. The number of anilines is 3. The van der Waals surface area contributed by atoms with Crippen molar-refractivity contribution in [3.63, 3.8) is 0 Å². The van der Waals surface area contributed by atoms with Crippen molar-refractivity contribution in [2.24, 2.45) is 0 Å². The Morgan fingerprint density at radius 3 is 1.44 bits per heavy atom. The van der Waals surface area contributed by atoms with Crippen LogP contribution >= 0.6 is 0 Å². The van der Waals surface area contributed by atoms with Crippen LogP contribution in [-0.2, 0) is 0 Å². The van der Waals surface area contributed by atoms with E-state index in [1.807, 2.05) is 6.07 Å². The van der Waals surface area contributed by atoms with Crippen LogP contribution in [0.15, 0.2) is 200 Å². The summed E-state index contributed by atoms with van der Waals surface area (Å²) in [4.78, 5) is 18.6. The van der Waals surface area contributed by atoms with Crippen LogP contribution in [0.3, 0.4) is 0 Å². The second-order valence-electron chi connectivity index (χ2n) is 17.6. The zero-order valence-corrected chi connectivity index (χ0v) is 38.4. The molecule has 0 saturated heterocycles. The fourth-order valence-electron chi connectivity index (χ4n) is 10.2. The number of benzene rings is 9. The van der Waals surface area contributed by atoms with E-state index in [9.17, 15) is 0 Å². The molecule has 0 amide bonds. The molecule has 66 heavy (non-hydrogen) atoms. The molecule has 1 heterocycles. The maximum Gasteiger partial charge on any atom is 0.238 e. The highest BCUT2D eigenvalue weighted by atomic mass is 15.3. The van der Waals surface area contributed by atoms with E-state index in [4.69, 9.17) is 15.0 Å². The average molecular weight is 853 g/mol. The second kappa shape index (κ2) is 17.9. The molecule has 0 aliphatic carbocycles. The van der Waals surface area contributed by atoms with Crippen molar-refractivity contribution < 1.29 is 0 Å². The predicted molar refractivity (Wildman–Crippen MR) is 276 cm³/mol. The van der Waals surface area contributed by atoms with Crippen LogP contribution in [0, 0.1) is 41.5 Å². The summed E-state index contributed by atoms with van der Waals surface area (Å²) in [6.07, 6.45) is 0. The van der Waals surface area contributed by atoms with Gasteiger partial charge in [-0.25, -0.2) is 4.98 Å². The van der Waals surface area contributed by atoms with Gasteiger partial charge in [-0.2, -0.15) is 9.97 Å². The third-order valence-electron chi connectivity index (χ3n) is 12.9. The summed E-state index contributed by atoms with van der Waals surface area (Å²) in [7, 11) is 0. The third-order valence-corrected chi connectivity index (χ3v) is 12.9. The van der Waals surface area contributed by atoms with Crippen molar-refractivity contribution in [1.29, 1.82) is 0 Å². The lowest BCUT2D eigenvalue weighted by atomic mass is 9.77. The molecule has 0 radical (unpaired) electrons. The van der Waals surface area contributed by atoms with Gasteiger partial charge in [-0.3, -0.25) is 4.90 Å². The quantitative estimate of drug-likeness (QED) is 0.129. The summed E-state index contributed by atoms with van der Waals surface area (Å²) in [5.41, 5.74) is 19.8. The molecule has 0 saturated carbocycles. The Kier molecular flexibility index (Phi) is 11.4. The first kappa shape index (κ1) is 42.0. The van der Waals surface area contributed by atoms with Crippen molar-refractivity contribution in [3.05, 3.63) is 250 Å². The van der Waals surface area contributed by atoms with E-state index in [1.54, 1.807) is 0 Å². The van der Waals surface area contributed by atoms with Crippen LogP contribution in [0.2, 0.25) is 0 Å². The van der Waals surface area contributed by atoms with E-state index in [1.165, 1.54) is 50.1 Å². The molecule has 0 spiro atoms. The normalized spacial score (nSPS) is 11.3. The van der Waals surface area contributed by atoms with Gasteiger partial charge in [0.15, 0.2) is 11.6 Å². The number of aryl methyl sites for hydroxylation is 6. The molecule has 320 valence electrons. The Labute approximate surface area is 389 Å². The number of rotatable bonds is 10. The van der Waals surface area contributed by atoms with Gasteiger partial charge >= 0.3 is 0 Å². The summed E-state index contributed by atoms with van der Waals surface area (Å²) in [6, 6.07) is 71.3. The van der Waals surface area contributed by atoms with Gasteiger partial charge in [0.25, 0.3) is 0 Å². The van der Waals surface area contributed by atoms with Gasteiger partial charge in [-0.15, -0.1) is 0 Å². The van der Waals surface area contributed by atoms with Gasteiger partial charge in [-0.05, 0) is 126 Å². The summed E-state index contributed by atoms with van der Waals surface area (Å²) in [5, 5.41) is 2.20. The fourth-order valence-corrected chi connectivity index (χ4v) is 10.2. The SMILES string of the molecule is Cc1cc(C)c(C(c2ccc(N(c3nc(-c4ccccc4-c4ccccc4)nc(-c4cccc5ccccc45)n3)c3ccccc3-c3ccccc3)cc2)c2c(C)cc(C)cc2C)c(C)c1. The molecule has 4 nitrogen and oxygen atoms in total. The van der Waals surface area contributed by atoms with E-state index in [0.29, 0.717) is 17.6 Å². The molecule has 10 rings (SSSR count). The standard InChI is InChI=1S/C62H52N4/c1-40-36-42(3)57(43(4)37-40)59(58-44(5)38-41(2)39-45(58)6)49-32-34-50(35-33-49)66(56-31-18-17-28-53(56)48-22-11-8-12-23-48)62-64-60(54-29-16-15-27-51(54)46-20-9-7-10-21-46)63-61(65-62)55-30-19-25-47-24-13-14-26-52(47)55/h7-39,59H,1-6H3. The van der Waals surface area contributed by atoms with Gasteiger partial charge in [0.05, 0.1) is 5.69 Å². The summed E-state index contributed by atoms with van der Waals surface area (Å²) >= 11 is 0. The lowest BCUT2D eigenvalue weighted by Crippen LogP contribution is -2.17. The molecule has 0 aliphatic heterocycles. The second-order valence-corrected chi connectivity index (χ2v) is 17.6. The molecule has 1 aromatic heterocycles. The van der Waals surface area contributed by atoms with Gasteiger partial charge < -0.3 is 0 Å². The molecule has 10 aromatic rings. The zero-order valence-electron chi connectivity index (χ0n) is 38.4. The Morgan fingerprint density at radius 2 is 0.833 bits per heavy atom. The molecule has 0 unspecified atom stereocenters. The van der Waals surface area contributed by atoms with Crippen molar-refractivity contribution in [1.82, 2.24) is 15.0 Å². The smallest absolute Gasteiger partial charge is 0.238 e. The number of fused-ring (bicyclic) bond motifs is 1. The number of para-hydroxylation sites is 1. The van der Waals surface area contributed by atoms with Gasteiger partial charge in [-0.1, -0.05) is 193 Å². The molecular weight excluding hydrogens is 801 g/mol. The van der Waals surface area contributed by atoms with Crippen LogP contribution in [0.25, 0.3) is 55.8 Å². The van der Waals surface area contributed by atoms with Crippen LogP contribution < -0.4 is 4.90 Å². The highest BCUT2D eigenvalue weighted by Gasteiger charge is 2.27. The molecule has 0 atom stereocenters. The van der Waals surface area contributed by atoms with Crippen LogP contribution in [0.4, 0.5) is 17.3 Å². The lowest BCUT2D eigenvalue weighted by molar-refractivity contribution is 0.919. The largest absolute Gasteiger partial charge is 0.278 e. The van der Waals surface area contributed by atoms with Crippen molar-refractivity contribution in [2.75, 3.05) is 4.90 Å². The van der Waals surface area contributed by atoms with Crippen LogP contribution in [-0.4, -0.2) is 15.0 Å². The molecule has 4 heteroatoms. The maximum atomic E-state index is 5.50. The van der Waals surface area contributed by atoms with Crippen molar-refractivity contribution in [2.45, 2.75) is 47.5 Å². The van der Waals surface area contributed by atoms with Gasteiger partial charge in [0, 0.05) is 28.3 Å². The molecule has 0 N–H and O–H groups in total. The minimum Gasteiger partial charge on any atom is -0.278 e. The Hall–Kier alpha value is -7.95. The van der Waals surface area contributed by atoms with Crippen molar-refractivity contribution in [3.8, 4) is 45.0 Å². The molecule has 0 aliphatic rings. The minimum atomic E-state index is 0.0292. The Bertz CT molecular complexity index is 3260. The van der Waals surface area contributed by atoms with Gasteiger partial charge in [0.2, 0.25) is 5.95 Å².